The minimum Gasteiger partial charge on any atom is -0.490 e. The first-order valence-corrected chi connectivity index (χ1v) is 15.7. The minimum atomic E-state index is -1.18. The highest BCUT2D eigenvalue weighted by molar-refractivity contribution is 9.11. The molecule has 3 aromatic rings. The van der Waals surface area contributed by atoms with Gasteiger partial charge in [0.15, 0.2) is 17.7 Å². The van der Waals surface area contributed by atoms with Crippen LogP contribution in [0.5, 0.6) is 17.2 Å². The van der Waals surface area contributed by atoms with E-state index >= 15 is 0 Å². The maximum atomic E-state index is 12.4. The largest absolute Gasteiger partial charge is 0.490 e. The third kappa shape index (κ3) is 9.21. The number of esters is 1. The summed E-state index contributed by atoms with van der Waals surface area (Å²) in [5, 5.41) is 30.7. The number of hydrazone groups is 1. The molecule has 0 saturated carbocycles. The zero-order chi connectivity index (χ0) is 34.1. The van der Waals surface area contributed by atoms with Crippen molar-refractivity contribution in [2.75, 3.05) is 20.3 Å². The summed E-state index contributed by atoms with van der Waals surface area (Å²) in [6, 6.07) is 13.4. The lowest BCUT2D eigenvalue weighted by molar-refractivity contribution is -0.384. The number of allylic oxidation sites excluding steroid dienone is 1. The van der Waals surface area contributed by atoms with Gasteiger partial charge in [0.05, 0.1) is 45.4 Å². The van der Waals surface area contributed by atoms with Gasteiger partial charge in [0.25, 0.3) is 5.69 Å². The predicted octanol–water partition coefficient (Wildman–Crippen LogP) is 5.22. The average Bonchev–Trinajstić information content (AvgIpc) is 3.03. The molecule has 16 heteroatoms. The summed E-state index contributed by atoms with van der Waals surface area (Å²) in [6.07, 6.45) is 0.317. The molecule has 47 heavy (non-hydrogen) atoms. The summed E-state index contributed by atoms with van der Waals surface area (Å²) in [7, 11) is 1.26. The maximum absolute atomic E-state index is 12.4. The van der Waals surface area contributed by atoms with Crippen LogP contribution in [0.25, 0.3) is 0 Å². The molecule has 0 bridgehead atoms. The van der Waals surface area contributed by atoms with Crippen molar-refractivity contribution in [1.82, 2.24) is 16.1 Å². The van der Waals surface area contributed by atoms with Gasteiger partial charge >= 0.3 is 12.0 Å². The molecule has 2 atom stereocenters. The number of methoxy groups -OCH3 is 1. The number of rotatable bonds is 14. The molecule has 0 spiro atoms. The zero-order valence-electron chi connectivity index (χ0n) is 25.4. The molecule has 4 N–H and O–H groups in total. The number of urea groups is 1. The normalized spacial score (nSPS) is 15.0. The number of aliphatic hydroxyl groups is 1. The van der Waals surface area contributed by atoms with Crippen LogP contribution >= 0.6 is 31.9 Å². The molecule has 2 amide bonds. The molecular formula is C31H31Br2N5O9. The quantitative estimate of drug-likeness (QED) is 0.0557. The van der Waals surface area contributed by atoms with E-state index < -0.39 is 29.2 Å². The molecule has 0 fully saturated rings. The Morgan fingerprint density at radius 1 is 1.11 bits per heavy atom. The van der Waals surface area contributed by atoms with E-state index in [9.17, 15) is 24.8 Å². The van der Waals surface area contributed by atoms with E-state index in [4.69, 9.17) is 18.9 Å². The second kappa shape index (κ2) is 16.2. The third-order valence-corrected chi connectivity index (χ3v) is 7.84. The first kappa shape index (κ1) is 35.2. The standard InChI is InChI=1S/C31H31Br2N5O9/c1-4-45-25-13-20(28-27(30(40)44-3)17(2)35-31(41)36-28)7-10-24(25)46-16-26(39)37-34-14-19-11-22(32)29(23(33)12-19)47-15-18-5-8-21(9-6-18)38(42)43/h5-14,26,28,37,39H,4,15-16H2,1-3H3,(H2,35,36,41)/b34-14-/t26-,28+/m0/s1. The van der Waals surface area contributed by atoms with Crippen molar-refractivity contribution in [2.45, 2.75) is 32.7 Å². The number of nitrogens with one attached hydrogen (secondary N) is 3. The summed E-state index contributed by atoms with van der Waals surface area (Å²) in [5.41, 5.74) is 5.25. The Morgan fingerprint density at radius 3 is 2.45 bits per heavy atom. The highest BCUT2D eigenvalue weighted by atomic mass is 79.9. The number of hydrogen-bond donors (Lipinski definition) is 4. The van der Waals surface area contributed by atoms with Crippen LogP contribution in [0.3, 0.4) is 0 Å². The van der Waals surface area contributed by atoms with Crippen LogP contribution in [0.1, 0.15) is 36.6 Å². The van der Waals surface area contributed by atoms with Crippen molar-refractivity contribution in [3.05, 3.63) is 102 Å². The maximum Gasteiger partial charge on any atom is 0.337 e. The van der Waals surface area contributed by atoms with Crippen molar-refractivity contribution in [1.29, 1.82) is 0 Å². The number of halogens is 2. The predicted molar refractivity (Wildman–Crippen MR) is 178 cm³/mol. The van der Waals surface area contributed by atoms with E-state index in [1.54, 1.807) is 56.3 Å². The number of amides is 2. The lowest BCUT2D eigenvalue weighted by atomic mass is 9.95. The molecule has 0 saturated heterocycles. The number of nitrogens with zero attached hydrogens (tertiary/aromatic N) is 2. The lowest BCUT2D eigenvalue weighted by Gasteiger charge is -2.28. The Kier molecular flexibility index (Phi) is 12.2. The Morgan fingerprint density at radius 2 is 1.81 bits per heavy atom. The van der Waals surface area contributed by atoms with Gasteiger partial charge in [-0.25, -0.2) is 9.59 Å². The fraction of sp³-hybridized carbons (Fsp3) is 0.258. The number of hydrogen-bond acceptors (Lipinski definition) is 11. The lowest BCUT2D eigenvalue weighted by Crippen LogP contribution is -2.45. The van der Waals surface area contributed by atoms with Gasteiger partial charge < -0.3 is 34.7 Å². The molecule has 1 aliphatic rings. The second-order valence-corrected chi connectivity index (χ2v) is 11.6. The van der Waals surface area contributed by atoms with E-state index in [1.807, 2.05) is 0 Å². The number of nitro benzene ring substituents is 1. The zero-order valence-corrected chi connectivity index (χ0v) is 28.6. The number of nitro groups is 1. The summed E-state index contributed by atoms with van der Waals surface area (Å²) in [6.45, 7) is 3.74. The van der Waals surface area contributed by atoms with Crippen LogP contribution in [0.4, 0.5) is 10.5 Å². The first-order valence-electron chi connectivity index (χ1n) is 14.1. The molecular weight excluding hydrogens is 746 g/mol. The third-order valence-electron chi connectivity index (χ3n) is 6.66. The summed E-state index contributed by atoms with van der Waals surface area (Å²) < 4.78 is 23.6. The van der Waals surface area contributed by atoms with Crippen LogP contribution in [-0.2, 0) is 16.1 Å². The number of carbonyl (C=O) groups is 2. The molecule has 0 radical (unpaired) electrons. The van der Waals surface area contributed by atoms with E-state index in [2.05, 4.69) is 53.0 Å². The summed E-state index contributed by atoms with van der Waals surface area (Å²) in [4.78, 5) is 35.0. The minimum absolute atomic E-state index is 0.00373. The van der Waals surface area contributed by atoms with E-state index in [-0.39, 0.29) is 24.5 Å². The van der Waals surface area contributed by atoms with Gasteiger partial charge in [0.2, 0.25) is 0 Å². The Hall–Kier alpha value is -4.67. The van der Waals surface area contributed by atoms with Gasteiger partial charge in [-0.15, -0.1) is 0 Å². The highest BCUT2D eigenvalue weighted by Crippen LogP contribution is 2.36. The molecule has 14 nitrogen and oxygen atoms in total. The van der Waals surface area contributed by atoms with Gasteiger partial charge in [0.1, 0.15) is 19.0 Å². The molecule has 1 aliphatic heterocycles. The fourth-order valence-corrected chi connectivity index (χ4v) is 5.93. The monoisotopic (exact) mass is 775 g/mol. The number of benzene rings is 3. The Labute approximate surface area is 286 Å². The Bertz CT molecular complexity index is 1680. The van der Waals surface area contributed by atoms with Crippen molar-refractivity contribution in [3.8, 4) is 17.2 Å². The summed E-state index contributed by atoms with van der Waals surface area (Å²) >= 11 is 6.97. The number of carbonyl (C=O) groups excluding carboxylic acids is 2. The van der Waals surface area contributed by atoms with Gasteiger partial charge in [0, 0.05) is 17.8 Å². The SMILES string of the molecule is CCOc1cc([C@H]2NC(=O)NC(C)=C2C(=O)OC)ccc1OC[C@H](O)N/N=C\c1cc(Br)c(OCc2ccc([N+](=O)[O-])cc2)c(Br)c1. The van der Waals surface area contributed by atoms with Gasteiger partial charge in [-0.05, 0) is 98.8 Å². The molecule has 3 aromatic carbocycles. The van der Waals surface area contributed by atoms with Gasteiger partial charge in [-0.3, -0.25) is 15.5 Å². The Balaban J connectivity index is 1.36. The van der Waals surface area contributed by atoms with Crippen molar-refractivity contribution >= 4 is 55.8 Å². The van der Waals surface area contributed by atoms with Crippen LogP contribution in [0, 0.1) is 10.1 Å². The van der Waals surface area contributed by atoms with Gasteiger partial charge in [-0.1, -0.05) is 6.07 Å². The molecule has 0 aromatic heterocycles. The number of aliphatic hydroxyl groups excluding tert-OH is 1. The topological polar surface area (TPSA) is 183 Å². The molecule has 1 heterocycles. The van der Waals surface area contributed by atoms with E-state index in [0.717, 1.165) is 5.56 Å². The molecule has 0 aliphatic carbocycles. The van der Waals surface area contributed by atoms with Crippen LogP contribution in [-0.4, -0.2) is 54.8 Å². The van der Waals surface area contributed by atoms with Crippen molar-refractivity contribution < 1.29 is 38.6 Å². The fourth-order valence-electron chi connectivity index (χ4n) is 4.48. The number of non-ortho nitro benzene ring substituents is 1. The van der Waals surface area contributed by atoms with Crippen LogP contribution in [0.15, 0.2) is 79.9 Å². The van der Waals surface area contributed by atoms with Crippen molar-refractivity contribution in [3.63, 3.8) is 0 Å². The van der Waals surface area contributed by atoms with Gasteiger partial charge in [-0.2, -0.15) is 5.10 Å². The number of ether oxygens (including phenoxy) is 4. The van der Waals surface area contributed by atoms with E-state index in [0.29, 0.717) is 49.6 Å². The van der Waals surface area contributed by atoms with E-state index in [1.165, 1.54) is 25.5 Å². The summed E-state index contributed by atoms with van der Waals surface area (Å²) in [5.74, 6) is 0.629. The molecule has 248 valence electrons. The first-order chi connectivity index (χ1) is 22.5. The second-order valence-electron chi connectivity index (χ2n) is 9.94. The van der Waals surface area contributed by atoms with Crippen molar-refractivity contribution in [2.24, 2.45) is 5.10 Å². The van der Waals surface area contributed by atoms with Crippen LogP contribution in [0.2, 0.25) is 0 Å². The average molecular weight is 777 g/mol. The molecule has 0 unspecified atom stereocenters. The highest BCUT2D eigenvalue weighted by Gasteiger charge is 2.32. The smallest absolute Gasteiger partial charge is 0.337 e. The van der Waals surface area contributed by atoms with Crippen LogP contribution < -0.4 is 30.3 Å². The molecule has 4 rings (SSSR count).